The van der Waals surface area contributed by atoms with E-state index in [2.05, 4.69) is 11.9 Å². The number of amides is 1. The monoisotopic (exact) mass is 276 g/mol. The average molecular weight is 276 g/mol. The topological polar surface area (TPSA) is 98.4 Å². The van der Waals surface area contributed by atoms with Crippen molar-refractivity contribution in [3.8, 4) is 0 Å². The summed E-state index contributed by atoms with van der Waals surface area (Å²) in [5, 5.41) is 0. The number of oxazole rings is 1. The van der Waals surface area contributed by atoms with Crippen LogP contribution in [0.2, 0.25) is 0 Å². The number of carbonyl (C=O) groups excluding carboxylic acids is 1. The molecule has 6 heteroatoms. The number of hydrogen-bond acceptors (Lipinski definition) is 5. The number of rotatable bonds is 7. The molecule has 6 nitrogen and oxygen atoms in total. The molecule has 0 aliphatic rings. The molecular formula is C14H20N4O2. The predicted octanol–water partition coefficient (Wildman–Crippen LogP) is 1.50. The zero-order chi connectivity index (χ0) is 14.5. The molecule has 0 saturated carbocycles. The number of fused-ring (bicyclic) bond motifs is 1. The highest BCUT2D eigenvalue weighted by Crippen LogP contribution is 2.19. The molecule has 20 heavy (non-hydrogen) atoms. The van der Waals surface area contributed by atoms with Crippen LogP contribution in [0.25, 0.3) is 11.1 Å². The fourth-order valence-corrected chi connectivity index (χ4v) is 2.06. The van der Waals surface area contributed by atoms with E-state index in [1.165, 1.54) is 0 Å². The molecule has 108 valence electrons. The quantitative estimate of drug-likeness (QED) is 0.747. The van der Waals surface area contributed by atoms with E-state index >= 15 is 0 Å². The minimum absolute atomic E-state index is 0.209. The van der Waals surface area contributed by atoms with Gasteiger partial charge >= 0.3 is 0 Å². The highest BCUT2D eigenvalue weighted by atomic mass is 16.3. The Balaban J connectivity index is 2.12. The zero-order valence-electron chi connectivity index (χ0n) is 11.6. The number of aromatic nitrogens is 1. The lowest BCUT2D eigenvalue weighted by atomic mass is 10.3. The molecule has 1 aromatic heterocycles. The lowest BCUT2D eigenvalue weighted by Crippen LogP contribution is -2.34. The van der Waals surface area contributed by atoms with Crippen molar-refractivity contribution in [3.05, 3.63) is 24.1 Å². The molecule has 4 N–H and O–H groups in total. The van der Waals surface area contributed by atoms with Crippen LogP contribution in [0.5, 0.6) is 0 Å². The molecule has 0 atom stereocenters. The average Bonchev–Trinajstić information content (AvgIpc) is 2.76. The smallest absolute Gasteiger partial charge is 0.231 e. The van der Waals surface area contributed by atoms with Crippen molar-refractivity contribution in [1.82, 2.24) is 9.88 Å². The van der Waals surface area contributed by atoms with E-state index in [0.717, 1.165) is 24.9 Å². The number of hydrogen-bond donors (Lipinski definition) is 2. The number of benzene rings is 1. The molecule has 0 saturated heterocycles. The minimum Gasteiger partial charge on any atom is -0.439 e. The summed E-state index contributed by atoms with van der Waals surface area (Å²) < 4.78 is 5.66. The largest absolute Gasteiger partial charge is 0.439 e. The minimum atomic E-state index is -0.346. The first-order valence-electron chi connectivity index (χ1n) is 6.74. The number of primary amides is 1. The second kappa shape index (κ2) is 6.38. The summed E-state index contributed by atoms with van der Waals surface area (Å²) in [5.41, 5.74) is 13.0. The Bertz CT molecular complexity index is 594. The normalized spacial score (nSPS) is 11.3. The molecule has 0 bridgehead atoms. The Labute approximate surface area is 117 Å². The fourth-order valence-electron chi connectivity index (χ4n) is 2.06. The van der Waals surface area contributed by atoms with Gasteiger partial charge in [-0.05, 0) is 25.1 Å². The van der Waals surface area contributed by atoms with Crippen molar-refractivity contribution >= 4 is 22.7 Å². The summed E-state index contributed by atoms with van der Waals surface area (Å²) >= 11 is 0. The van der Waals surface area contributed by atoms with Gasteiger partial charge in [0.1, 0.15) is 5.52 Å². The number of unbranched alkanes of at least 4 members (excludes halogenated alkanes) is 1. The van der Waals surface area contributed by atoms with Crippen LogP contribution in [0.15, 0.2) is 22.6 Å². The van der Waals surface area contributed by atoms with Crippen molar-refractivity contribution in [2.45, 2.75) is 26.3 Å². The van der Waals surface area contributed by atoms with Crippen molar-refractivity contribution in [3.63, 3.8) is 0 Å². The van der Waals surface area contributed by atoms with Crippen molar-refractivity contribution in [2.75, 3.05) is 18.8 Å². The van der Waals surface area contributed by atoms with Gasteiger partial charge < -0.3 is 15.9 Å². The molecule has 0 fully saturated rings. The van der Waals surface area contributed by atoms with Crippen LogP contribution in [0.4, 0.5) is 5.69 Å². The van der Waals surface area contributed by atoms with Gasteiger partial charge in [0.25, 0.3) is 0 Å². The molecule has 1 aromatic carbocycles. The Morgan fingerprint density at radius 1 is 1.45 bits per heavy atom. The van der Waals surface area contributed by atoms with Gasteiger partial charge in [0.15, 0.2) is 5.58 Å². The summed E-state index contributed by atoms with van der Waals surface area (Å²) in [6.07, 6.45) is 2.06. The Kier molecular flexibility index (Phi) is 4.57. The van der Waals surface area contributed by atoms with E-state index in [9.17, 15) is 4.79 Å². The van der Waals surface area contributed by atoms with Gasteiger partial charge in [-0.3, -0.25) is 9.69 Å². The maximum absolute atomic E-state index is 11.1. The summed E-state index contributed by atoms with van der Waals surface area (Å²) in [6, 6.07) is 5.35. The van der Waals surface area contributed by atoms with E-state index in [4.69, 9.17) is 15.9 Å². The van der Waals surface area contributed by atoms with Crippen molar-refractivity contribution in [2.24, 2.45) is 5.73 Å². The van der Waals surface area contributed by atoms with Gasteiger partial charge in [-0.1, -0.05) is 13.3 Å². The molecule has 0 aliphatic heterocycles. The van der Waals surface area contributed by atoms with Gasteiger partial charge in [-0.15, -0.1) is 0 Å². The van der Waals surface area contributed by atoms with E-state index in [1.54, 1.807) is 12.1 Å². The summed E-state index contributed by atoms with van der Waals surface area (Å²) in [5.74, 6) is 0.226. The molecular weight excluding hydrogens is 256 g/mol. The number of carbonyl (C=O) groups is 1. The van der Waals surface area contributed by atoms with Crippen LogP contribution >= 0.6 is 0 Å². The van der Waals surface area contributed by atoms with Crippen LogP contribution < -0.4 is 11.5 Å². The van der Waals surface area contributed by atoms with Crippen LogP contribution in [-0.2, 0) is 11.3 Å². The third-order valence-electron chi connectivity index (χ3n) is 3.02. The van der Waals surface area contributed by atoms with Crippen LogP contribution in [-0.4, -0.2) is 28.9 Å². The maximum Gasteiger partial charge on any atom is 0.231 e. The van der Waals surface area contributed by atoms with Gasteiger partial charge in [-0.2, -0.15) is 0 Å². The maximum atomic E-state index is 11.1. The van der Waals surface area contributed by atoms with Crippen molar-refractivity contribution in [1.29, 1.82) is 0 Å². The molecule has 0 aliphatic carbocycles. The van der Waals surface area contributed by atoms with Crippen molar-refractivity contribution < 1.29 is 9.21 Å². The summed E-state index contributed by atoms with van der Waals surface area (Å²) in [6.45, 7) is 3.57. The number of nitrogen functional groups attached to an aromatic ring is 1. The zero-order valence-corrected chi connectivity index (χ0v) is 11.6. The summed E-state index contributed by atoms with van der Waals surface area (Å²) in [7, 11) is 0. The number of nitrogens with two attached hydrogens (primary N) is 2. The highest BCUT2D eigenvalue weighted by molar-refractivity contribution is 5.77. The van der Waals surface area contributed by atoms with Gasteiger partial charge in [0, 0.05) is 11.8 Å². The second-order valence-electron chi connectivity index (χ2n) is 4.87. The first kappa shape index (κ1) is 14.3. The van der Waals surface area contributed by atoms with Crippen LogP contribution in [0.1, 0.15) is 25.7 Å². The fraction of sp³-hybridized carbons (Fsp3) is 0.429. The van der Waals surface area contributed by atoms with E-state index in [1.807, 2.05) is 11.0 Å². The molecule has 1 heterocycles. The molecule has 2 aromatic rings. The third kappa shape index (κ3) is 3.71. The molecule has 0 unspecified atom stereocenters. The second-order valence-corrected chi connectivity index (χ2v) is 4.87. The van der Waals surface area contributed by atoms with E-state index in [0.29, 0.717) is 23.7 Å². The lowest BCUT2D eigenvalue weighted by Gasteiger charge is -2.18. The molecule has 1 amide bonds. The van der Waals surface area contributed by atoms with Gasteiger partial charge in [-0.25, -0.2) is 4.98 Å². The van der Waals surface area contributed by atoms with Gasteiger partial charge in [0.2, 0.25) is 11.8 Å². The number of anilines is 1. The Hall–Kier alpha value is -2.08. The Morgan fingerprint density at radius 2 is 2.25 bits per heavy atom. The molecule has 0 radical (unpaired) electrons. The summed E-state index contributed by atoms with van der Waals surface area (Å²) in [4.78, 5) is 17.4. The molecule has 2 rings (SSSR count). The number of nitrogens with zero attached hydrogens (tertiary/aromatic N) is 2. The predicted molar refractivity (Wildman–Crippen MR) is 77.8 cm³/mol. The van der Waals surface area contributed by atoms with Crippen LogP contribution in [0.3, 0.4) is 0 Å². The Morgan fingerprint density at radius 3 is 2.95 bits per heavy atom. The first-order chi connectivity index (χ1) is 9.58. The lowest BCUT2D eigenvalue weighted by molar-refractivity contribution is -0.119. The SMILES string of the molecule is CCCCN(CC(N)=O)Cc1nc2ccc(N)cc2o1. The first-order valence-corrected chi connectivity index (χ1v) is 6.74. The molecule has 0 spiro atoms. The van der Waals surface area contributed by atoms with Crippen LogP contribution in [0, 0.1) is 0 Å². The van der Waals surface area contributed by atoms with E-state index in [-0.39, 0.29) is 12.5 Å². The van der Waals surface area contributed by atoms with Gasteiger partial charge in [0.05, 0.1) is 13.1 Å². The highest BCUT2D eigenvalue weighted by Gasteiger charge is 2.13. The van der Waals surface area contributed by atoms with E-state index < -0.39 is 0 Å². The standard InChI is InChI=1S/C14H20N4O2/c1-2-3-6-18(8-13(16)19)9-14-17-11-5-4-10(15)7-12(11)20-14/h4-5,7H,2-3,6,8-9,15H2,1H3,(H2,16,19). The third-order valence-corrected chi connectivity index (χ3v) is 3.02.